The van der Waals surface area contributed by atoms with Crippen LogP contribution >= 0.6 is 0 Å². The Hall–Kier alpha value is -2.46. The Kier molecular flexibility index (Phi) is 8.15. The maximum Gasteiger partial charge on any atom is 0.338 e. The number of rotatable bonds is 7. The second kappa shape index (κ2) is 10.4. The summed E-state index contributed by atoms with van der Waals surface area (Å²) in [5, 5.41) is 4.62. The first-order valence-electron chi connectivity index (χ1n) is 9.61. The van der Waals surface area contributed by atoms with Gasteiger partial charge in [-0.15, -0.1) is 0 Å². The van der Waals surface area contributed by atoms with E-state index in [4.69, 9.17) is 4.74 Å². The number of nitrogens with one attached hydrogen (secondary N) is 2. The standard InChI is InChI=1S/C19H27N3O6S/c1-3-14(2)20-19(25)21-17(23)13-28-18(24)15-7-9-16(10-8-15)29(26,27)22-11-5-4-6-12-22/h7-10,14H,3-6,11-13H2,1-2H3,(H2,20,21,23,25)/t14-/m1/s1. The molecular weight excluding hydrogens is 398 g/mol. The van der Waals surface area contributed by atoms with Crippen LogP contribution in [0.5, 0.6) is 0 Å². The van der Waals surface area contributed by atoms with Crippen LogP contribution in [0.4, 0.5) is 4.79 Å². The Morgan fingerprint density at radius 3 is 2.31 bits per heavy atom. The fourth-order valence-electron chi connectivity index (χ4n) is 2.76. The Balaban J connectivity index is 1.88. The van der Waals surface area contributed by atoms with E-state index in [0.717, 1.165) is 19.3 Å². The van der Waals surface area contributed by atoms with Crippen LogP contribution in [0, 0.1) is 0 Å². The van der Waals surface area contributed by atoms with Crippen molar-refractivity contribution in [2.24, 2.45) is 0 Å². The molecule has 0 radical (unpaired) electrons. The highest BCUT2D eigenvalue weighted by Crippen LogP contribution is 2.21. The number of carbonyl (C=O) groups excluding carboxylic acids is 3. The van der Waals surface area contributed by atoms with Crippen molar-refractivity contribution >= 4 is 27.9 Å². The fraction of sp³-hybridized carbons (Fsp3) is 0.526. The summed E-state index contributed by atoms with van der Waals surface area (Å²) in [6.45, 7) is 4.04. The van der Waals surface area contributed by atoms with E-state index in [1.165, 1.54) is 28.6 Å². The monoisotopic (exact) mass is 425 g/mol. The molecule has 29 heavy (non-hydrogen) atoms. The predicted octanol–water partition coefficient (Wildman–Crippen LogP) is 1.64. The van der Waals surface area contributed by atoms with Crippen molar-refractivity contribution in [1.82, 2.24) is 14.9 Å². The van der Waals surface area contributed by atoms with Crippen molar-refractivity contribution < 1.29 is 27.5 Å². The van der Waals surface area contributed by atoms with Gasteiger partial charge in [-0.3, -0.25) is 10.1 Å². The molecule has 0 bridgehead atoms. The van der Waals surface area contributed by atoms with E-state index in [1.54, 1.807) is 6.92 Å². The van der Waals surface area contributed by atoms with Gasteiger partial charge in [0.2, 0.25) is 10.0 Å². The highest BCUT2D eigenvalue weighted by molar-refractivity contribution is 7.89. The van der Waals surface area contributed by atoms with Crippen molar-refractivity contribution in [1.29, 1.82) is 0 Å². The number of ether oxygens (including phenoxy) is 1. The zero-order chi connectivity index (χ0) is 21.4. The third-order valence-electron chi connectivity index (χ3n) is 4.62. The Morgan fingerprint density at radius 2 is 1.72 bits per heavy atom. The summed E-state index contributed by atoms with van der Waals surface area (Å²) in [5.74, 6) is -1.55. The molecule has 160 valence electrons. The average molecular weight is 426 g/mol. The second-order valence-electron chi connectivity index (χ2n) is 6.90. The number of hydrogen-bond donors (Lipinski definition) is 2. The zero-order valence-electron chi connectivity index (χ0n) is 16.6. The van der Waals surface area contributed by atoms with Crippen LogP contribution in [0.3, 0.4) is 0 Å². The molecule has 1 aliphatic rings. The predicted molar refractivity (Wildman–Crippen MR) is 106 cm³/mol. The third-order valence-corrected chi connectivity index (χ3v) is 6.53. The van der Waals surface area contributed by atoms with Crippen LogP contribution in [-0.2, 0) is 19.6 Å². The fourth-order valence-corrected chi connectivity index (χ4v) is 4.27. The van der Waals surface area contributed by atoms with Crippen molar-refractivity contribution in [3.05, 3.63) is 29.8 Å². The van der Waals surface area contributed by atoms with Gasteiger partial charge in [0.1, 0.15) is 0 Å². The van der Waals surface area contributed by atoms with E-state index < -0.39 is 34.5 Å². The summed E-state index contributed by atoms with van der Waals surface area (Å²) in [6, 6.07) is 4.62. The van der Waals surface area contributed by atoms with E-state index >= 15 is 0 Å². The molecule has 1 aromatic rings. The van der Waals surface area contributed by atoms with Gasteiger partial charge in [0.25, 0.3) is 5.91 Å². The first kappa shape index (κ1) is 22.8. The van der Waals surface area contributed by atoms with Crippen molar-refractivity contribution in [3.8, 4) is 0 Å². The van der Waals surface area contributed by atoms with Gasteiger partial charge >= 0.3 is 12.0 Å². The molecule has 1 heterocycles. The van der Waals surface area contributed by atoms with Crippen LogP contribution in [0.1, 0.15) is 49.9 Å². The number of nitrogens with zero attached hydrogens (tertiary/aromatic N) is 1. The molecule has 10 heteroatoms. The highest BCUT2D eigenvalue weighted by Gasteiger charge is 2.26. The molecule has 0 saturated carbocycles. The minimum Gasteiger partial charge on any atom is -0.452 e. The Labute approximate surface area is 170 Å². The van der Waals surface area contributed by atoms with Crippen molar-refractivity contribution in [3.63, 3.8) is 0 Å². The summed E-state index contributed by atoms with van der Waals surface area (Å²) in [6.07, 6.45) is 3.39. The zero-order valence-corrected chi connectivity index (χ0v) is 17.5. The Bertz CT molecular complexity index is 832. The summed E-state index contributed by atoms with van der Waals surface area (Å²) in [7, 11) is -3.58. The number of amides is 3. The molecule has 0 unspecified atom stereocenters. The lowest BCUT2D eigenvalue weighted by Crippen LogP contribution is -2.44. The third kappa shape index (κ3) is 6.53. The molecule has 1 atom stereocenters. The van der Waals surface area contributed by atoms with Gasteiger partial charge in [-0.05, 0) is 50.5 Å². The van der Waals surface area contributed by atoms with Crippen LogP contribution in [0.15, 0.2) is 29.2 Å². The molecule has 1 saturated heterocycles. The lowest BCUT2D eigenvalue weighted by molar-refractivity contribution is -0.123. The molecule has 9 nitrogen and oxygen atoms in total. The molecule has 2 N–H and O–H groups in total. The molecule has 1 aromatic carbocycles. The molecule has 1 aliphatic heterocycles. The van der Waals surface area contributed by atoms with Gasteiger partial charge in [0.15, 0.2) is 6.61 Å². The smallest absolute Gasteiger partial charge is 0.338 e. The molecule has 1 fully saturated rings. The van der Waals surface area contributed by atoms with Crippen LogP contribution in [-0.4, -0.2) is 56.4 Å². The molecular formula is C19H27N3O6S. The minimum atomic E-state index is -3.58. The van der Waals surface area contributed by atoms with E-state index in [1.807, 2.05) is 6.92 Å². The summed E-state index contributed by atoms with van der Waals surface area (Å²) < 4.78 is 31.5. The molecule has 0 aromatic heterocycles. The number of imide groups is 1. The lowest BCUT2D eigenvalue weighted by Gasteiger charge is -2.25. The SMILES string of the molecule is CC[C@@H](C)NC(=O)NC(=O)COC(=O)c1ccc(S(=O)(=O)N2CCCCC2)cc1. The van der Waals surface area contributed by atoms with Gasteiger partial charge in [-0.25, -0.2) is 18.0 Å². The van der Waals surface area contributed by atoms with Gasteiger partial charge in [-0.2, -0.15) is 4.31 Å². The maximum absolute atomic E-state index is 12.6. The number of carbonyl (C=O) groups is 3. The van der Waals surface area contributed by atoms with Crippen LogP contribution in [0.25, 0.3) is 0 Å². The van der Waals surface area contributed by atoms with Crippen molar-refractivity contribution in [2.75, 3.05) is 19.7 Å². The quantitative estimate of drug-likeness (QED) is 0.641. The number of benzene rings is 1. The summed E-state index contributed by atoms with van der Waals surface area (Å²) in [5.41, 5.74) is 0.111. The van der Waals surface area contributed by atoms with Gasteiger partial charge in [0.05, 0.1) is 10.5 Å². The number of esters is 1. The van der Waals surface area contributed by atoms with E-state index in [0.29, 0.717) is 19.5 Å². The van der Waals surface area contributed by atoms with E-state index in [2.05, 4.69) is 10.6 Å². The first-order valence-corrected chi connectivity index (χ1v) is 11.1. The summed E-state index contributed by atoms with van der Waals surface area (Å²) >= 11 is 0. The largest absolute Gasteiger partial charge is 0.452 e. The van der Waals surface area contributed by atoms with Crippen LogP contribution < -0.4 is 10.6 Å². The maximum atomic E-state index is 12.6. The second-order valence-corrected chi connectivity index (χ2v) is 8.83. The minimum absolute atomic E-state index is 0.0925. The number of sulfonamides is 1. The van der Waals surface area contributed by atoms with E-state index in [9.17, 15) is 22.8 Å². The normalized spacial score (nSPS) is 15.9. The van der Waals surface area contributed by atoms with Gasteiger partial charge < -0.3 is 10.1 Å². The van der Waals surface area contributed by atoms with Crippen molar-refractivity contribution in [2.45, 2.75) is 50.5 Å². The van der Waals surface area contributed by atoms with Gasteiger partial charge in [-0.1, -0.05) is 13.3 Å². The topological polar surface area (TPSA) is 122 Å². The summed E-state index contributed by atoms with van der Waals surface area (Å²) in [4.78, 5) is 35.4. The van der Waals surface area contributed by atoms with Crippen LogP contribution in [0.2, 0.25) is 0 Å². The van der Waals surface area contributed by atoms with Gasteiger partial charge in [0, 0.05) is 19.1 Å². The first-order chi connectivity index (χ1) is 13.7. The highest BCUT2D eigenvalue weighted by atomic mass is 32.2. The molecule has 0 aliphatic carbocycles. The average Bonchev–Trinajstić information content (AvgIpc) is 2.72. The Morgan fingerprint density at radius 1 is 1.10 bits per heavy atom. The number of piperidine rings is 1. The molecule has 0 spiro atoms. The molecule has 2 rings (SSSR count). The number of hydrogen-bond acceptors (Lipinski definition) is 6. The lowest BCUT2D eigenvalue weighted by atomic mass is 10.2. The number of urea groups is 1. The molecule has 3 amide bonds. The van der Waals surface area contributed by atoms with E-state index in [-0.39, 0.29) is 16.5 Å².